The number of hydrogen-bond donors (Lipinski definition) is 1. The molecule has 2 saturated carbocycles. The maximum atomic E-state index is 3.60. The van der Waals surface area contributed by atoms with E-state index in [4.69, 9.17) is 0 Å². The predicted octanol–water partition coefficient (Wildman–Crippen LogP) is 3.62. The Morgan fingerprint density at radius 3 is 2.63 bits per heavy atom. The molecule has 2 aliphatic rings. The number of nitrogens with zero attached hydrogens (tertiary/aromatic N) is 1. The normalized spacial score (nSPS) is 19.9. The minimum Gasteiger partial charge on any atom is -0.309 e. The van der Waals surface area contributed by atoms with E-state index in [2.05, 4.69) is 29.3 Å². The molecule has 0 spiro atoms. The number of thiophene rings is 1. The van der Waals surface area contributed by atoms with Crippen molar-refractivity contribution in [1.82, 2.24) is 10.2 Å². The van der Waals surface area contributed by atoms with Gasteiger partial charge in [-0.3, -0.25) is 4.90 Å². The van der Waals surface area contributed by atoms with Crippen LogP contribution in [0.15, 0.2) is 12.1 Å². The third-order valence-corrected chi connectivity index (χ3v) is 5.50. The molecule has 2 nitrogen and oxygen atoms in total. The lowest BCUT2D eigenvalue weighted by atomic mass is 9.85. The standard InChI is InChI=1S/C16H26N2S/c1-2-18(11-13-4-3-5-13)12-16-9-8-15(19-16)10-17-14-6-7-14/h8-9,13-14,17H,2-7,10-12H2,1H3. The van der Waals surface area contributed by atoms with Gasteiger partial charge in [-0.2, -0.15) is 0 Å². The molecule has 0 saturated heterocycles. The molecule has 1 heterocycles. The van der Waals surface area contributed by atoms with Crippen molar-refractivity contribution < 1.29 is 0 Å². The van der Waals surface area contributed by atoms with E-state index in [1.807, 2.05) is 11.3 Å². The van der Waals surface area contributed by atoms with Crippen LogP contribution in [0.2, 0.25) is 0 Å². The van der Waals surface area contributed by atoms with Crippen LogP contribution >= 0.6 is 11.3 Å². The van der Waals surface area contributed by atoms with Crippen molar-refractivity contribution in [2.45, 2.75) is 58.2 Å². The summed E-state index contributed by atoms with van der Waals surface area (Å²) >= 11 is 1.99. The fourth-order valence-corrected chi connectivity index (χ4v) is 3.71. The van der Waals surface area contributed by atoms with Crippen molar-refractivity contribution in [2.75, 3.05) is 13.1 Å². The molecule has 0 unspecified atom stereocenters. The maximum absolute atomic E-state index is 3.60. The zero-order chi connectivity index (χ0) is 13.1. The smallest absolute Gasteiger partial charge is 0.0328 e. The fraction of sp³-hybridized carbons (Fsp3) is 0.750. The lowest BCUT2D eigenvalue weighted by molar-refractivity contribution is 0.179. The van der Waals surface area contributed by atoms with Crippen molar-refractivity contribution in [1.29, 1.82) is 0 Å². The van der Waals surface area contributed by atoms with Crippen LogP contribution in [-0.2, 0) is 13.1 Å². The first kappa shape index (κ1) is 13.6. The Bertz CT molecular complexity index is 393. The molecule has 1 N–H and O–H groups in total. The van der Waals surface area contributed by atoms with Gasteiger partial charge in [-0.25, -0.2) is 0 Å². The van der Waals surface area contributed by atoms with E-state index in [9.17, 15) is 0 Å². The number of nitrogens with one attached hydrogen (secondary N) is 1. The van der Waals surface area contributed by atoms with Gasteiger partial charge in [0.05, 0.1) is 0 Å². The summed E-state index contributed by atoms with van der Waals surface area (Å²) in [6.45, 7) is 7.02. The van der Waals surface area contributed by atoms with E-state index in [-0.39, 0.29) is 0 Å². The van der Waals surface area contributed by atoms with E-state index in [1.54, 1.807) is 0 Å². The summed E-state index contributed by atoms with van der Waals surface area (Å²) in [6.07, 6.45) is 7.12. The van der Waals surface area contributed by atoms with E-state index < -0.39 is 0 Å². The lowest BCUT2D eigenvalue weighted by Crippen LogP contribution is -2.31. The minimum absolute atomic E-state index is 0.816. The Balaban J connectivity index is 1.46. The largest absolute Gasteiger partial charge is 0.309 e. The summed E-state index contributed by atoms with van der Waals surface area (Å²) in [5.41, 5.74) is 0. The van der Waals surface area contributed by atoms with Gasteiger partial charge in [0.15, 0.2) is 0 Å². The molecule has 19 heavy (non-hydrogen) atoms. The van der Waals surface area contributed by atoms with Crippen molar-refractivity contribution in [2.24, 2.45) is 5.92 Å². The van der Waals surface area contributed by atoms with Gasteiger partial charge in [0, 0.05) is 35.4 Å². The van der Waals surface area contributed by atoms with Crippen LogP contribution in [0.1, 0.15) is 48.8 Å². The summed E-state index contributed by atoms with van der Waals surface area (Å²) in [6, 6.07) is 5.46. The molecule has 1 aromatic rings. The molecule has 0 atom stereocenters. The SMILES string of the molecule is CCN(Cc1ccc(CNC2CC2)s1)CC1CCC1. The van der Waals surface area contributed by atoms with Gasteiger partial charge in [-0.1, -0.05) is 13.3 Å². The second-order valence-corrected chi connectivity index (χ2v) is 7.40. The van der Waals surface area contributed by atoms with Crippen molar-refractivity contribution in [3.63, 3.8) is 0 Å². The van der Waals surface area contributed by atoms with Crippen LogP contribution in [-0.4, -0.2) is 24.0 Å². The average Bonchev–Trinajstić information content (AvgIpc) is 3.09. The summed E-state index contributed by atoms with van der Waals surface area (Å²) < 4.78 is 0. The molecule has 106 valence electrons. The highest BCUT2D eigenvalue weighted by molar-refractivity contribution is 7.11. The molecule has 3 heteroatoms. The summed E-state index contributed by atoms with van der Waals surface area (Å²) in [5.74, 6) is 0.982. The molecule has 1 aromatic heterocycles. The van der Waals surface area contributed by atoms with Crippen LogP contribution in [0.5, 0.6) is 0 Å². The van der Waals surface area contributed by atoms with Gasteiger partial charge < -0.3 is 5.32 Å². The monoisotopic (exact) mass is 278 g/mol. The zero-order valence-electron chi connectivity index (χ0n) is 12.0. The third-order valence-electron chi connectivity index (χ3n) is 4.43. The van der Waals surface area contributed by atoms with Gasteiger partial charge in [0.25, 0.3) is 0 Å². The van der Waals surface area contributed by atoms with Gasteiger partial charge in [0.1, 0.15) is 0 Å². The molecule has 2 fully saturated rings. The molecule has 3 rings (SSSR count). The topological polar surface area (TPSA) is 15.3 Å². The number of hydrogen-bond acceptors (Lipinski definition) is 3. The van der Waals surface area contributed by atoms with Crippen LogP contribution in [0, 0.1) is 5.92 Å². The Morgan fingerprint density at radius 1 is 1.21 bits per heavy atom. The van der Waals surface area contributed by atoms with Crippen LogP contribution in [0.25, 0.3) is 0 Å². The highest BCUT2D eigenvalue weighted by Gasteiger charge is 2.21. The average molecular weight is 278 g/mol. The summed E-state index contributed by atoms with van der Waals surface area (Å²) in [5, 5.41) is 3.60. The molecule has 2 aliphatic carbocycles. The van der Waals surface area contributed by atoms with E-state index in [0.29, 0.717) is 0 Å². The van der Waals surface area contributed by atoms with E-state index >= 15 is 0 Å². The Morgan fingerprint density at radius 2 is 2.00 bits per heavy atom. The van der Waals surface area contributed by atoms with Crippen LogP contribution in [0.4, 0.5) is 0 Å². The first-order chi connectivity index (χ1) is 9.33. The second-order valence-electron chi connectivity index (χ2n) is 6.15. The van der Waals surface area contributed by atoms with Gasteiger partial charge in [-0.15, -0.1) is 11.3 Å². The predicted molar refractivity (Wildman–Crippen MR) is 82.5 cm³/mol. The Hall–Kier alpha value is -0.380. The van der Waals surface area contributed by atoms with Crippen molar-refractivity contribution >= 4 is 11.3 Å². The Kier molecular flexibility index (Phi) is 4.57. The molecular weight excluding hydrogens is 252 g/mol. The summed E-state index contributed by atoms with van der Waals surface area (Å²) in [7, 11) is 0. The van der Waals surface area contributed by atoms with Crippen LogP contribution in [0.3, 0.4) is 0 Å². The zero-order valence-corrected chi connectivity index (χ0v) is 12.8. The summed E-state index contributed by atoms with van der Waals surface area (Å²) in [4.78, 5) is 5.66. The van der Waals surface area contributed by atoms with Crippen molar-refractivity contribution in [3.8, 4) is 0 Å². The van der Waals surface area contributed by atoms with Gasteiger partial charge in [-0.05, 0) is 50.3 Å². The molecule has 0 aliphatic heterocycles. The molecule has 0 amide bonds. The lowest BCUT2D eigenvalue weighted by Gasteiger charge is -2.31. The molecule has 0 radical (unpaired) electrons. The molecule has 0 bridgehead atoms. The van der Waals surface area contributed by atoms with Gasteiger partial charge in [0.2, 0.25) is 0 Å². The quantitative estimate of drug-likeness (QED) is 0.781. The van der Waals surface area contributed by atoms with Crippen molar-refractivity contribution in [3.05, 3.63) is 21.9 Å². The Labute approximate surface area is 121 Å². The fourth-order valence-electron chi connectivity index (χ4n) is 2.70. The van der Waals surface area contributed by atoms with E-state index in [0.717, 1.165) is 25.0 Å². The second kappa shape index (κ2) is 6.38. The van der Waals surface area contributed by atoms with Gasteiger partial charge >= 0.3 is 0 Å². The molecular formula is C16H26N2S. The van der Waals surface area contributed by atoms with E-state index in [1.165, 1.54) is 54.9 Å². The van der Waals surface area contributed by atoms with Crippen LogP contribution < -0.4 is 5.32 Å². The first-order valence-electron chi connectivity index (χ1n) is 7.87. The third kappa shape index (κ3) is 4.04. The first-order valence-corrected chi connectivity index (χ1v) is 8.68. The maximum Gasteiger partial charge on any atom is 0.0328 e. The minimum atomic E-state index is 0.816. The highest BCUT2D eigenvalue weighted by atomic mass is 32.1. The molecule has 0 aromatic carbocycles. The number of rotatable bonds is 8. The highest BCUT2D eigenvalue weighted by Crippen LogP contribution is 2.28.